The number of aromatic nitrogens is 7. The lowest BCUT2D eigenvalue weighted by atomic mass is 10.3. The topological polar surface area (TPSA) is 126 Å². The van der Waals surface area contributed by atoms with Gasteiger partial charge in [-0.2, -0.15) is 9.37 Å². The van der Waals surface area contributed by atoms with Gasteiger partial charge in [0, 0.05) is 14.0 Å². The van der Waals surface area contributed by atoms with Crippen LogP contribution in [-0.2, 0) is 18.4 Å². The van der Waals surface area contributed by atoms with Gasteiger partial charge < -0.3 is 14.8 Å². The first-order valence-corrected chi connectivity index (χ1v) is 11.3. The van der Waals surface area contributed by atoms with Crippen LogP contribution in [0.3, 0.4) is 0 Å². The smallest absolute Gasteiger partial charge is 0.324 e. The van der Waals surface area contributed by atoms with E-state index >= 15 is 0 Å². The number of aryl methyl sites for hydroxylation is 1. The Kier molecular flexibility index (Phi) is 6.36. The Morgan fingerprint density at radius 1 is 1.13 bits per heavy atom. The number of hydrogen-bond donors (Lipinski definition) is 1. The molecule has 190 valence electrons. The van der Waals surface area contributed by atoms with Gasteiger partial charge in [-0.1, -0.05) is 35.4 Å². The number of carbonyl (C=O) groups is 1. The summed E-state index contributed by atoms with van der Waals surface area (Å²) in [6.45, 7) is 8.24. The largest absolute Gasteiger partial charge is 0.458 e. The lowest BCUT2D eigenvalue weighted by Gasteiger charge is -2.21. The minimum atomic E-state index is -2.63. The summed E-state index contributed by atoms with van der Waals surface area (Å²) in [6, 6.07) is 18.2. The van der Waals surface area contributed by atoms with Crippen LogP contribution in [0.2, 0.25) is 0 Å². The predicted octanol–water partition coefficient (Wildman–Crippen LogP) is 3.78. The number of imidazole rings is 1. The van der Waals surface area contributed by atoms with E-state index in [1.165, 1.54) is 10.7 Å². The van der Waals surface area contributed by atoms with Crippen LogP contribution in [0.4, 0.5) is 15.9 Å². The molecule has 5 rings (SSSR count). The van der Waals surface area contributed by atoms with Gasteiger partial charge in [0.05, 0.1) is 23.3 Å². The Bertz CT molecular complexity index is 1660. The van der Waals surface area contributed by atoms with Crippen molar-refractivity contribution in [2.24, 2.45) is 7.05 Å². The van der Waals surface area contributed by atoms with E-state index in [1.54, 1.807) is 72.3 Å². The monoisotopic (exact) mass is 513 g/mol. The molecule has 0 bridgehead atoms. The summed E-state index contributed by atoms with van der Waals surface area (Å²) in [4.78, 5) is 24.8. The van der Waals surface area contributed by atoms with Crippen molar-refractivity contribution in [1.29, 1.82) is 0 Å². The molecule has 3 aromatic heterocycles. The van der Waals surface area contributed by atoms with E-state index in [2.05, 4.69) is 35.7 Å². The molecule has 1 N–H and O–H groups in total. The molecular formula is C25H20FN9O3. The second-order valence-electron chi connectivity index (χ2n) is 8.21. The van der Waals surface area contributed by atoms with Crippen LogP contribution in [0.25, 0.3) is 21.8 Å². The van der Waals surface area contributed by atoms with E-state index < -0.39 is 11.8 Å². The highest BCUT2D eigenvalue weighted by molar-refractivity contribution is 5.95. The first kappa shape index (κ1) is 24.3. The molecule has 38 heavy (non-hydrogen) atoms. The van der Waals surface area contributed by atoms with Crippen LogP contribution in [0.5, 0.6) is 11.8 Å². The van der Waals surface area contributed by atoms with Crippen LogP contribution in [-0.4, -0.2) is 46.5 Å². The van der Waals surface area contributed by atoms with Gasteiger partial charge in [-0.05, 0) is 46.8 Å². The fourth-order valence-electron chi connectivity index (χ4n) is 3.57. The Morgan fingerprint density at radius 2 is 1.95 bits per heavy atom. The van der Waals surface area contributed by atoms with Gasteiger partial charge in [0.15, 0.2) is 5.69 Å². The Hall–Kier alpha value is -5.38. The van der Waals surface area contributed by atoms with E-state index in [0.717, 1.165) is 6.92 Å². The number of rotatable bonds is 8. The molecule has 3 heterocycles. The molecule has 13 heteroatoms. The zero-order chi connectivity index (χ0) is 26.7. The van der Waals surface area contributed by atoms with Crippen molar-refractivity contribution in [2.45, 2.75) is 19.4 Å². The predicted molar refractivity (Wildman–Crippen MR) is 133 cm³/mol. The van der Waals surface area contributed by atoms with Gasteiger partial charge >= 0.3 is 17.8 Å². The number of hydrogen-bond acceptors (Lipinski definition) is 8. The quantitative estimate of drug-likeness (QED) is 0.311. The Balaban J connectivity index is 1.35. The van der Waals surface area contributed by atoms with Crippen molar-refractivity contribution in [1.82, 2.24) is 34.7 Å². The number of tetrazole rings is 1. The number of alkyl halides is 1. The van der Waals surface area contributed by atoms with Crippen LogP contribution in [0, 0.1) is 6.57 Å². The lowest BCUT2D eigenvalue weighted by molar-refractivity contribution is -0.144. The zero-order valence-electron chi connectivity index (χ0n) is 20.2. The van der Waals surface area contributed by atoms with E-state index in [9.17, 15) is 9.18 Å². The number of amides is 1. The second-order valence-corrected chi connectivity index (χ2v) is 8.21. The summed E-state index contributed by atoms with van der Waals surface area (Å²) in [6.07, 6.45) is 0. The molecule has 0 radical (unpaired) electrons. The van der Waals surface area contributed by atoms with Crippen molar-refractivity contribution in [3.63, 3.8) is 0 Å². The van der Waals surface area contributed by atoms with Crippen LogP contribution in [0.15, 0.2) is 66.7 Å². The molecule has 2 aromatic carbocycles. The molecule has 0 aliphatic carbocycles. The van der Waals surface area contributed by atoms with Crippen molar-refractivity contribution in [2.75, 3.05) is 5.32 Å². The lowest BCUT2D eigenvalue weighted by Crippen LogP contribution is -2.41. The number of pyridine rings is 1. The van der Waals surface area contributed by atoms with Gasteiger partial charge in [-0.3, -0.25) is 4.79 Å². The molecule has 0 saturated carbocycles. The number of nitrogens with one attached hydrogen (secondary N) is 1. The number of anilines is 1. The average molecular weight is 513 g/mol. The van der Waals surface area contributed by atoms with E-state index in [-0.39, 0.29) is 24.2 Å². The Morgan fingerprint density at radius 3 is 2.68 bits per heavy atom. The SMILES string of the molecule is [C-]#[N+]c1ccc2c(c1)nc(OCc1cccc(NC(=O)C(C)(F)Oc3ccccc3)n1)n2-c1nnnn1C. The molecule has 1 unspecified atom stereocenters. The fraction of sp³-hybridized carbons (Fsp3) is 0.160. The summed E-state index contributed by atoms with van der Waals surface area (Å²) < 4.78 is 29.2. The summed E-state index contributed by atoms with van der Waals surface area (Å²) in [5.74, 6) is -2.96. The maximum Gasteiger partial charge on any atom is 0.324 e. The van der Waals surface area contributed by atoms with Gasteiger partial charge in [0.1, 0.15) is 18.2 Å². The molecule has 0 aliphatic rings. The first-order valence-electron chi connectivity index (χ1n) is 11.3. The van der Waals surface area contributed by atoms with Crippen molar-refractivity contribution >= 4 is 28.4 Å². The minimum absolute atomic E-state index is 0.0403. The van der Waals surface area contributed by atoms with Gasteiger partial charge in [0.25, 0.3) is 5.95 Å². The van der Waals surface area contributed by atoms with E-state index in [0.29, 0.717) is 28.4 Å². The highest BCUT2D eigenvalue weighted by Gasteiger charge is 2.36. The molecule has 0 fully saturated rings. The van der Waals surface area contributed by atoms with E-state index in [4.69, 9.17) is 16.0 Å². The van der Waals surface area contributed by atoms with Crippen molar-refractivity contribution in [3.8, 4) is 17.7 Å². The maximum atomic E-state index is 15.0. The number of fused-ring (bicyclic) bond motifs is 1. The molecule has 0 saturated heterocycles. The number of ether oxygens (including phenoxy) is 2. The molecule has 5 aromatic rings. The second kappa shape index (κ2) is 9.94. The summed E-state index contributed by atoms with van der Waals surface area (Å²) >= 11 is 0. The molecule has 1 amide bonds. The number of nitrogens with zero attached hydrogens (tertiary/aromatic N) is 8. The summed E-state index contributed by atoms with van der Waals surface area (Å²) in [5, 5.41) is 14.0. The fourth-order valence-corrected chi connectivity index (χ4v) is 3.57. The molecule has 12 nitrogen and oxygen atoms in total. The van der Waals surface area contributed by atoms with E-state index in [1.807, 2.05) is 0 Å². The average Bonchev–Trinajstić information content (AvgIpc) is 3.49. The summed E-state index contributed by atoms with van der Waals surface area (Å²) in [5.41, 5.74) is 2.01. The number of para-hydroxylation sites is 1. The maximum absolute atomic E-state index is 15.0. The van der Waals surface area contributed by atoms with Gasteiger partial charge in [-0.15, -0.1) is 0 Å². The van der Waals surface area contributed by atoms with Crippen LogP contribution in [0.1, 0.15) is 12.6 Å². The highest BCUT2D eigenvalue weighted by atomic mass is 19.2. The number of benzene rings is 2. The summed E-state index contributed by atoms with van der Waals surface area (Å²) in [7, 11) is 1.67. The molecule has 0 aliphatic heterocycles. The van der Waals surface area contributed by atoms with Crippen LogP contribution >= 0.6 is 0 Å². The molecule has 1 atom stereocenters. The third kappa shape index (κ3) is 4.96. The zero-order valence-corrected chi connectivity index (χ0v) is 20.2. The third-order valence-electron chi connectivity index (χ3n) is 5.39. The van der Waals surface area contributed by atoms with Crippen molar-refractivity contribution in [3.05, 3.63) is 83.8 Å². The minimum Gasteiger partial charge on any atom is -0.458 e. The van der Waals surface area contributed by atoms with Gasteiger partial charge in [0.2, 0.25) is 0 Å². The standard InChI is InChI=1S/C25H20FN9O3/c1-25(26,38-18-9-5-4-6-10-18)22(36)30-21-11-7-8-17(28-21)15-37-24-29-19-14-16(27-2)12-13-20(19)35(24)23-31-32-33-34(23)3/h4-14H,15H2,1,3H3,(H,28,30,36). The first-order chi connectivity index (χ1) is 18.3. The number of halogens is 1. The third-order valence-corrected chi connectivity index (χ3v) is 5.39. The van der Waals surface area contributed by atoms with Crippen molar-refractivity contribution < 1.29 is 18.7 Å². The molecule has 0 spiro atoms. The molecular weight excluding hydrogens is 493 g/mol. The Labute approximate surface area is 215 Å². The highest BCUT2D eigenvalue weighted by Crippen LogP contribution is 2.28. The normalized spacial score (nSPS) is 12.5. The number of carbonyl (C=O) groups excluding carboxylic acids is 1. The van der Waals surface area contributed by atoms with Gasteiger partial charge in [-0.25, -0.2) is 19.1 Å². The van der Waals surface area contributed by atoms with Crippen LogP contribution < -0.4 is 14.8 Å².